The fourth-order valence-corrected chi connectivity index (χ4v) is 3.03. The van der Waals surface area contributed by atoms with Crippen LogP contribution in [0, 0.1) is 6.92 Å². The number of rotatable bonds is 3. The average Bonchev–Trinajstić information content (AvgIpc) is 2.95. The van der Waals surface area contributed by atoms with Crippen LogP contribution in [0.25, 0.3) is 10.9 Å². The molecule has 120 valence electrons. The Morgan fingerprint density at radius 3 is 2.61 bits per heavy atom. The summed E-state index contributed by atoms with van der Waals surface area (Å²) < 4.78 is 1.78. The minimum Gasteiger partial charge on any atom is -0.382 e. The molecular weight excluding hydrogens is 359 g/mol. The monoisotopic (exact) mass is 370 g/mol. The lowest BCUT2D eigenvalue weighted by Gasteiger charge is -2.14. The summed E-state index contributed by atoms with van der Waals surface area (Å²) in [6, 6.07) is 3.51. The van der Waals surface area contributed by atoms with Gasteiger partial charge in [0.25, 0.3) is 0 Å². The van der Waals surface area contributed by atoms with Crippen molar-refractivity contribution in [1.82, 2.24) is 19.7 Å². The van der Waals surface area contributed by atoms with Crippen LogP contribution in [-0.2, 0) is 6.54 Å². The Morgan fingerprint density at radius 2 is 1.91 bits per heavy atom. The number of aromatic nitrogens is 4. The molecule has 2 heterocycles. The van der Waals surface area contributed by atoms with Gasteiger partial charge < -0.3 is 5.11 Å². The van der Waals surface area contributed by atoms with Crippen LogP contribution in [0.3, 0.4) is 0 Å². The molecule has 0 saturated carbocycles. The Balaban J connectivity index is 2.12. The number of aliphatic hydroxyl groups is 1. The number of hydrogen-bond donors (Lipinski definition) is 1. The summed E-state index contributed by atoms with van der Waals surface area (Å²) in [7, 11) is 0. The molecule has 3 rings (SSSR count). The maximum Gasteiger partial charge on any atom is 0.155 e. The normalized spacial score (nSPS) is 12.8. The largest absolute Gasteiger partial charge is 0.382 e. The van der Waals surface area contributed by atoms with E-state index in [0.29, 0.717) is 16.3 Å². The van der Waals surface area contributed by atoms with Crippen molar-refractivity contribution in [3.8, 4) is 0 Å². The Hall–Kier alpha value is -1.40. The van der Waals surface area contributed by atoms with Crippen LogP contribution in [0.2, 0.25) is 15.3 Å². The van der Waals surface area contributed by atoms with E-state index in [4.69, 9.17) is 34.8 Å². The quantitative estimate of drug-likeness (QED) is 0.749. The average molecular weight is 372 g/mol. The summed E-state index contributed by atoms with van der Waals surface area (Å²) in [5.41, 5.74) is 1.96. The topological polar surface area (TPSA) is 63.8 Å². The molecule has 0 radical (unpaired) electrons. The molecule has 1 unspecified atom stereocenters. The van der Waals surface area contributed by atoms with Gasteiger partial charge in [0.2, 0.25) is 0 Å². The van der Waals surface area contributed by atoms with Crippen LogP contribution in [0.4, 0.5) is 0 Å². The minimum absolute atomic E-state index is 0.0496. The van der Waals surface area contributed by atoms with Crippen LogP contribution in [-0.4, -0.2) is 24.9 Å². The molecular formula is C15H13Cl3N4O. The van der Waals surface area contributed by atoms with E-state index < -0.39 is 6.10 Å². The lowest BCUT2D eigenvalue weighted by molar-refractivity contribution is 0.215. The van der Waals surface area contributed by atoms with Crippen LogP contribution >= 0.6 is 34.8 Å². The fourth-order valence-electron chi connectivity index (χ4n) is 2.32. The van der Waals surface area contributed by atoms with Gasteiger partial charge in [-0.3, -0.25) is 4.68 Å². The molecule has 1 N–H and O–H groups in total. The first-order valence-electron chi connectivity index (χ1n) is 6.95. The van der Waals surface area contributed by atoms with Crippen molar-refractivity contribution < 1.29 is 5.11 Å². The smallest absolute Gasteiger partial charge is 0.155 e. The van der Waals surface area contributed by atoms with Gasteiger partial charge in [-0.1, -0.05) is 40.9 Å². The summed E-state index contributed by atoms with van der Waals surface area (Å²) in [4.78, 5) is 8.21. The van der Waals surface area contributed by atoms with E-state index >= 15 is 0 Å². The summed E-state index contributed by atoms with van der Waals surface area (Å²) >= 11 is 18.4. The van der Waals surface area contributed by atoms with Crippen molar-refractivity contribution in [3.05, 3.63) is 50.6 Å². The zero-order chi connectivity index (χ0) is 16.7. The highest BCUT2D eigenvalue weighted by Gasteiger charge is 2.22. The third-order valence-corrected chi connectivity index (χ3v) is 4.63. The number of aliphatic hydroxyl groups excluding tert-OH is 1. The first-order chi connectivity index (χ1) is 10.9. The maximum atomic E-state index is 10.7. The van der Waals surface area contributed by atoms with Gasteiger partial charge in [0, 0.05) is 23.7 Å². The molecule has 0 saturated heterocycles. The van der Waals surface area contributed by atoms with Gasteiger partial charge in [0.15, 0.2) is 10.3 Å². The van der Waals surface area contributed by atoms with Gasteiger partial charge >= 0.3 is 0 Å². The van der Waals surface area contributed by atoms with E-state index in [1.165, 1.54) is 0 Å². The van der Waals surface area contributed by atoms with Crippen LogP contribution in [0.1, 0.15) is 30.0 Å². The molecule has 3 aromatic rings. The van der Waals surface area contributed by atoms with Gasteiger partial charge in [-0.25, -0.2) is 9.97 Å². The first kappa shape index (κ1) is 16.5. The summed E-state index contributed by atoms with van der Waals surface area (Å²) in [5, 5.41) is 16.5. The van der Waals surface area contributed by atoms with Gasteiger partial charge in [0.1, 0.15) is 11.8 Å². The highest BCUT2D eigenvalue weighted by atomic mass is 35.5. The Bertz CT molecular complexity index is 894. The third-order valence-electron chi connectivity index (χ3n) is 3.57. The number of aryl methyl sites for hydroxylation is 2. The van der Waals surface area contributed by atoms with Crippen LogP contribution in [0.15, 0.2) is 18.3 Å². The second-order valence-electron chi connectivity index (χ2n) is 5.06. The van der Waals surface area contributed by atoms with Crippen molar-refractivity contribution >= 4 is 45.7 Å². The lowest BCUT2D eigenvalue weighted by atomic mass is 10.0. The zero-order valence-electron chi connectivity index (χ0n) is 12.4. The predicted molar refractivity (Wildman–Crippen MR) is 91.3 cm³/mol. The first-order valence-corrected chi connectivity index (χ1v) is 8.09. The minimum atomic E-state index is -1.10. The fraction of sp³-hybridized carbons (Fsp3) is 0.267. The number of benzene rings is 1. The molecule has 0 spiro atoms. The van der Waals surface area contributed by atoms with E-state index in [0.717, 1.165) is 17.4 Å². The third kappa shape index (κ3) is 2.90. The maximum absolute atomic E-state index is 10.7. The summed E-state index contributed by atoms with van der Waals surface area (Å²) in [5.74, 6) is 0. The molecule has 23 heavy (non-hydrogen) atoms. The molecule has 1 atom stereocenters. The standard InChI is InChI=1S/C15H13Cl3N4O/c1-3-22-6-9-10(21-22)5-4-8(11(9)16)13(23)12-15(18)20-14(17)7(2)19-12/h4-6,13,23H,3H2,1-2H3. The van der Waals surface area contributed by atoms with Gasteiger partial charge in [0.05, 0.1) is 16.2 Å². The number of hydrogen-bond acceptors (Lipinski definition) is 4. The molecule has 0 aliphatic heterocycles. The second-order valence-corrected chi connectivity index (χ2v) is 6.16. The molecule has 0 aliphatic rings. The summed E-state index contributed by atoms with van der Waals surface area (Å²) in [6.45, 7) is 4.41. The van der Waals surface area contributed by atoms with E-state index in [-0.39, 0.29) is 16.0 Å². The number of fused-ring (bicyclic) bond motifs is 1. The molecule has 2 aromatic heterocycles. The second kappa shape index (κ2) is 6.24. The van der Waals surface area contributed by atoms with Gasteiger partial charge in [-0.2, -0.15) is 5.10 Å². The van der Waals surface area contributed by atoms with Crippen molar-refractivity contribution in [1.29, 1.82) is 0 Å². The van der Waals surface area contributed by atoms with Crippen molar-refractivity contribution in [2.45, 2.75) is 26.5 Å². The summed E-state index contributed by atoms with van der Waals surface area (Å²) in [6.07, 6.45) is 0.738. The van der Waals surface area contributed by atoms with E-state index in [1.807, 2.05) is 13.1 Å². The molecule has 5 nitrogen and oxygen atoms in total. The molecule has 0 bridgehead atoms. The molecule has 1 aromatic carbocycles. The highest BCUT2D eigenvalue weighted by Crippen LogP contribution is 2.35. The van der Waals surface area contributed by atoms with Gasteiger partial charge in [-0.05, 0) is 19.9 Å². The SMILES string of the molecule is CCn1cc2c(Cl)c(C(O)c3nc(C)c(Cl)nc3Cl)ccc2n1. The number of halogens is 3. The Kier molecular flexibility index (Phi) is 4.47. The number of nitrogens with zero attached hydrogens (tertiary/aromatic N) is 4. The van der Waals surface area contributed by atoms with Crippen molar-refractivity contribution in [2.75, 3.05) is 0 Å². The molecule has 0 fully saturated rings. The molecule has 0 amide bonds. The van der Waals surface area contributed by atoms with E-state index in [2.05, 4.69) is 15.1 Å². The zero-order valence-corrected chi connectivity index (χ0v) is 14.7. The molecule has 8 heteroatoms. The van der Waals surface area contributed by atoms with Crippen molar-refractivity contribution in [2.24, 2.45) is 0 Å². The van der Waals surface area contributed by atoms with Crippen LogP contribution in [0.5, 0.6) is 0 Å². The van der Waals surface area contributed by atoms with Crippen LogP contribution < -0.4 is 0 Å². The van der Waals surface area contributed by atoms with E-state index in [9.17, 15) is 5.11 Å². The van der Waals surface area contributed by atoms with Gasteiger partial charge in [-0.15, -0.1) is 0 Å². The highest BCUT2D eigenvalue weighted by molar-refractivity contribution is 6.36. The van der Waals surface area contributed by atoms with Crippen molar-refractivity contribution in [3.63, 3.8) is 0 Å². The molecule has 0 aliphatic carbocycles. The van der Waals surface area contributed by atoms with E-state index in [1.54, 1.807) is 23.7 Å². The lowest BCUT2D eigenvalue weighted by Crippen LogP contribution is -2.07. The Labute approximate surface area is 147 Å². The predicted octanol–water partition coefficient (Wildman–Crippen LogP) is 4.20. The Morgan fingerprint density at radius 1 is 1.17 bits per heavy atom.